The lowest BCUT2D eigenvalue weighted by Gasteiger charge is -2.06. The maximum absolute atomic E-state index is 5.79. The summed E-state index contributed by atoms with van der Waals surface area (Å²) >= 11 is 0. The molecule has 0 radical (unpaired) electrons. The Kier molecular flexibility index (Phi) is 4.15. The zero-order valence-corrected chi connectivity index (χ0v) is 8.70. The minimum atomic E-state index is -0.0168. The van der Waals surface area contributed by atoms with Crippen molar-refractivity contribution >= 4 is 0 Å². The molecule has 0 bridgehead atoms. The minimum Gasteiger partial charge on any atom is -0.317 e. The maximum atomic E-state index is 5.79. The van der Waals surface area contributed by atoms with Crippen molar-refractivity contribution in [3.63, 3.8) is 0 Å². The monoisotopic (exact) mass is 188 g/mol. The van der Waals surface area contributed by atoms with Crippen LogP contribution in [-0.4, -0.2) is 11.0 Å². The number of rotatable bonds is 2. The summed E-state index contributed by atoms with van der Waals surface area (Å²) in [7, 11) is 0. The molecule has 0 saturated heterocycles. The van der Waals surface area contributed by atoms with Crippen LogP contribution in [0.3, 0.4) is 0 Å². The highest BCUT2D eigenvalue weighted by Gasteiger charge is 2.01. The first-order valence-corrected chi connectivity index (χ1v) is 4.83. The van der Waals surface area contributed by atoms with Crippen LogP contribution < -0.4 is 5.73 Å². The van der Waals surface area contributed by atoms with E-state index in [9.17, 15) is 0 Å². The SMILES string of the molecule is CC(C)C(N)C#CCc1ccncc1. The Labute approximate surface area is 85.5 Å². The van der Waals surface area contributed by atoms with Gasteiger partial charge in [0.2, 0.25) is 0 Å². The normalized spacial score (nSPS) is 12.0. The lowest BCUT2D eigenvalue weighted by Crippen LogP contribution is -2.23. The van der Waals surface area contributed by atoms with Gasteiger partial charge in [0.15, 0.2) is 0 Å². The first kappa shape index (κ1) is 10.7. The predicted octanol–water partition coefficient (Wildman–Crippen LogP) is 1.61. The van der Waals surface area contributed by atoms with Crippen LogP contribution in [0.1, 0.15) is 19.4 Å². The molecule has 1 unspecified atom stereocenters. The Morgan fingerprint density at radius 1 is 1.36 bits per heavy atom. The first-order valence-electron chi connectivity index (χ1n) is 4.83. The summed E-state index contributed by atoms with van der Waals surface area (Å²) in [4.78, 5) is 3.94. The Balaban J connectivity index is 2.48. The molecule has 1 heterocycles. The molecule has 1 aromatic heterocycles. The molecule has 1 aromatic rings. The molecule has 0 fully saturated rings. The maximum Gasteiger partial charge on any atom is 0.0687 e. The van der Waals surface area contributed by atoms with Crippen molar-refractivity contribution in [1.82, 2.24) is 4.98 Å². The fourth-order valence-electron chi connectivity index (χ4n) is 0.938. The van der Waals surface area contributed by atoms with Crippen LogP contribution in [0, 0.1) is 17.8 Å². The topological polar surface area (TPSA) is 38.9 Å². The third-order valence-electron chi connectivity index (χ3n) is 2.03. The highest BCUT2D eigenvalue weighted by molar-refractivity contribution is 5.19. The molecule has 1 rings (SSSR count). The number of nitrogens with two attached hydrogens (primary N) is 1. The van der Waals surface area contributed by atoms with Crippen molar-refractivity contribution in [2.24, 2.45) is 11.7 Å². The highest BCUT2D eigenvalue weighted by Crippen LogP contribution is 1.98. The molecule has 1 atom stereocenters. The van der Waals surface area contributed by atoms with Crippen LogP contribution in [0.5, 0.6) is 0 Å². The van der Waals surface area contributed by atoms with Gasteiger partial charge in [0, 0.05) is 18.8 Å². The molecule has 2 N–H and O–H groups in total. The molecule has 2 nitrogen and oxygen atoms in total. The molecule has 0 aliphatic carbocycles. The second kappa shape index (κ2) is 5.41. The molecule has 74 valence electrons. The van der Waals surface area contributed by atoms with Gasteiger partial charge in [-0.25, -0.2) is 0 Å². The van der Waals surface area contributed by atoms with E-state index < -0.39 is 0 Å². The smallest absolute Gasteiger partial charge is 0.0687 e. The summed E-state index contributed by atoms with van der Waals surface area (Å²) in [5, 5.41) is 0. The second-order valence-corrected chi connectivity index (χ2v) is 3.62. The van der Waals surface area contributed by atoms with E-state index in [4.69, 9.17) is 5.73 Å². The van der Waals surface area contributed by atoms with Crippen LogP contribution in [0.4, 0.5) is 0 Å². The zero-order valence-electron chi connectivity index (χ0n) is 8.70. The van der Waals surface area contributed by atoms with E-state index in [1.54, 1.807) is 12.4 Å². The average Bonchev–Trinajstić information content (AvgIpc) is 2.19. The van der Waals surface area contributed by atoms with Crippen LogP contribution in [-0.2, 0) is 6.42 Å². The molecule has 0 aromatic carbocycles. The van der Waals surface area contributed by atoms with Gasteiger partial charge in [-0.2, -0.15) is 0 Å². The molecule has 0 aliphatic heterocycles. The van der Waals surface area contributed by atoms with E-state index in [0.717, 1.165) is 6.42 Å². The van der Waals surface area contributed by atoms with Crippen LogP contribution in [0.15, 0.2) is 24.5 Å². The van der Waals surface area contributed by atoms with E-state index in [0.29, 0.717) is 5.92 Å². The van der Waals surface area contributed by atoms with Gasteiger partial charge < -0.3 is 5.73 Å². The van der Waals surface area contributed by atoms with Gasteiger partial charge in [0.05, 0.1) is 6.04 Å². The van der Waals surface area contributed by atoms with E-state index >= 15 is 0 Å². The minimum absolute atomic E-state index is 0.0168. The number of hydrogen-bond acceptors (Lipinski definition) is 2. The van der Waals surface area contributed by atoms with Crippen LogP contribution >= 0.6 is 0 Å². The Bertz CT molecular complexity index is 319. The predicted molar refractivity (Wildman–Crippen MR) is 58.5 cm³/mol. The standard InChI is InChI=1S/C12H16N2/c1-10(2)12(13)5-3-4-11-6-8-14-9-7-11/h6-10,12H,4,13H2,1-2H3. The lowest BCUT2D eigenvalue weighted by atomic mass is 10.1. The quantitative estimate of drug-likeness (QED) is 0.716. The van der Waals surface area contributed by atoms with E-state index in [1.165, 1.54) is 5.56 Å². The zero-order chi connectivity index (χ0) is 10.4. The van der Waals surface area contributed by atoms with E-state index in [-0.39, 0.29) is 6.04 Å². The van der Waals surface area contributed by atoms with Gasteiger partial charge in [0.25, 0.3) is 0 Å². The van der Waals surface area contributed by atoms with Gasteiger partial charge in [-0.3, -0.25) is 4.98 Å². The summed E-state index contributed by atoms with van der Waals surface area (Å²) in [5.74, 6) is 6.53. The molecule has 14 heavy (non-hydrogen) atoms. The summed E-state index contributed by atoms with van der Waals surface area (Å²) < 4.78 is 0. The summed E-state index contributed by atoms with van der Waals surface area (Å²) in [6, 6.07) is 3.92. The van der Waals surface area contributed by atoms with Crippen molar-refractivity contribution in [2.75, 3.05) is 0 Å². The molecule has 0 amide bonds. The molecule has 2 heteroatoms. The first-order chi connectivity index (χ1) is 6.70. The lowest BCUT2D eigenvalue weighted by molar-refractivity contribution is 0.584. The van der Waals surface area contributed by atoms with Crippen molar-refractivity contribution in [3.05, 3.63) is 30.1 Å². The molecule has 0 aliphatic rings. The van der Waals surface area contributed by atoms with E-state index in [1.807, 2.05) is 12.1 Å². The number of pyridine rings is 1. The van der Waals surface area contributed by atoms with Gasteiger partial charge in [-0.1, -0.05) is 25.7 Å². The van der Waals surface area contributed by atoms with Crippen molar-refractivity contribution in [2.45, 2.75) is 26.3 Å². The van der Waals surface area contributed by atoms with Crippen LogP contribution in [0.25, 0.3) is 0 Å². The molecule has 0 saturated carbocycles. The Hall–Kier alpha value is -1.33. The highest BCUT2D eigenvalue weighted by atomic mass is 14.6. The average molecular weight is 188 g/mol. The largest absolute Gasteiger partial charge is 0.317 e. The van der Waals surface area contributed by atoms with Crippen molar-refractivity contribution in [1.29, 1.82) is 0 Å². The summed E-state index contributed by atoms with van der Waals surface area (Å²) in [5.41, 5.74) is 6.98. The Morgan fingerprint density at radius 2 is 2.00 bits per heavy atom. The number of hydrogen-bond donors (Lipinski definition) is 1. The second-order valence-electron chi connectivity index (χ2n) is 3.62. The molecule has 0 spiro atoms. The number of aromatic nitrogens is 1. The summed E-state index contributed by atoms with van der Waals surface area (Å²) in [6.45, 7) is 4.15. The third kappa shape index (κ3) is 3.59. The number of nitrogens with zero attached hydrogens (tertiary/aromatic N) is 1. The van der Waals surface area contributed by atoms with Gasteiger partial charge >= 0.3 is 0 Å². The van der Waals surface area contributed by atoms with E-state index in [2.05, 4.69) is 30.7 Å². The van der Waals surface area contributed by atoms with Gasteiger partial charge in [-0.15, -0.1) is 0 Å². The third-order valence-corrected chi connectivity index (χ3v) is 2.03. The van der Waals surface area contributed by atoms with Gasteiger partial charge in [0.1, 0.15) is 0 Å². The Morgan fingerprint density at radius 3 is 2.57 bits per heavy atom. The van der Waals surface area contributed by atoms with Crippen molar-refractivity contribution in [3.8, 4) is 11.8 Å². The molecular formula is C12H16N2. The van der Waals surface area contributed by atoms with Crippen LogP contribution in [0.2, 0.25) is 0 Å². The fourth-order valence-corrected chi connectivity index (χ4v) is 0.938. The fraction of sp³-hybridized carbons (Fsp3) is 0.417. The summed E-state index contributed by atoms with van der Waals surface area (Å²) in [6.07, 6.45) is 4.31. The molecular weight excluding hydrogens is 172 g/mol. The van der Waals surface area contributed by atoms with Crippen molar-refractivity contribution < 1.29 is 0 Å². The van der Waals surface area contributed by atoms with Gasteiger partial charge in [-0.05, 0) is 23.6 Å².